The van der Waals surface area contributed by atoms with Gasteiger partial charge in [0.2, 0.25) is 0 Å². The molecule has 0 N–H and O–H groups in total. The summed E-state index contributed by atoms with van der Waals surface area (Å²) >= 11 is 11.9. The summed E-state index contributed by atoms with van der Waals surface area (Å²) in [6.45, 7) is 0. The third-order valence-electron chi connectivity index (χ3n) is 2.71. The molecular weight excluding hydrogens is 295 g/mol. The zero-order valence-corrected chi connectivity index (χ0v) is 12.3. The molecule has 0 amide bonds. The number of halogens is 2. The highest BCUT2D eigenvalue weighted by Gasteiger charge is 2.08. The van der Waals surface area contributed by atoms with Crippen molar-refractivity contribution in [2.45, 2.75) is 0 Å². The summed E-state index contributed by atoms with van der Waals surface area (Å²) in [5, 5.41) is 1.14. The highest BCUT2D eigenvalue weighted by Crippen LogP contribution is 2.21. The molecule has 0 spiro atoms. The normalized spacial score (nSPS) is 10.8. The van der Waals surface area contributed by atoms with Crippen molar-refractivity contribution in [3.8, 4) is 0 Å². The van der Waals surface area contributed by atoms with Crippen LogP contribution in [0.2, 0.25) is 10.0 Å². The van der Waals surface area contributed by atoms with Crippen LogP contribution in [0.5, 0.6) is 0 Å². The lowest BCUT2D eigenvalue weighted by molar-refractivity contribution is 0.0600. The van der Waals surface area contributed by atoms with E-state index in [1.807, 2.05) is 24.3 Å². The van der Waals surface area contributed by atoms with Crippen LogP contribution in [-0.2, 0) is 4.74 Å². The second kappa shape index (κ2) is 6.60. The van der Waals surface area contributed by atoms with Crippen LogP contribution in [0.25, 0.3) is 12.2 Å². The molecule has 20 heavy (non-hydrogen) atoms. The molecule has 2 rings (SSSR count). The Labute approximate surface area is 127 Å². The lowest BCUT2D eigenvalue weighted by atomic mass is 10.1. The van der Waals surface area contributed by atoms with E-state index in [1.165, 1.54) is 7.11 Å². The van der Waals surface area contributed by atoms with E-state index in [9.17, 15) is 4.79 Å². The standard InChI is InChI=1S/C16H12Cl2O2/c1-20-16(19)15-5-3-2-4-12(15)7-6-11-8-13(17)10-14(18)9-11/h2-10H,1H3/b7-6+. The monoisotopic (exact) mass is 306 g/mol. The van der Waals surface area contributed by atoms with E-state index in [1.54, 1.807) is 30.3 Å². The first-order chi connectivity index (χ1) is 9.60. The summed E-state index contributed by atoms with van der Waals surface area (Å²) in [7, 11) is 1.36. The van der Waals surface area contributed by atoms with Crippen LogP contribution in [0.15, 0.2) is 42.5 Å². The van der Waals surface area contributed by atoms with Crippen LogP contribution in [0.3, 0.4) is 0 Å². The maximum absolute atomic E-state index is 11.7. The van der Waals surface area contributed by atoms with E-state index in [2.05, 4.69) is 0 Å². The van der Waals surface area contributed by atoms with E-state index in [4.69, 9.17) is 27.9 Å². The van der Waals surface area contributed by atoms with Crippen molar-refractivity contribution in [2.75, 3.05) is 7.11 Å². The highest BCUT2D eigenvalue weighted by molar-refractivity contribution is 6.34. The van der Waals surface area contributed by atoms with Crippen molar-refractivity contribution in [1.29, 1.82) is 0 Å². The number of hydrogen-bond donors (Lipinski definition) is 0. The molecule has 0 aliphatic carbocycles. The fourth-order valence-electron chi connectivity index (χ4n) is 1.80. The van der Waals surface area contributed by atoms with Gasteiger partial charge in [-0.25, -0.2) is 4.79 Å². The highest BCUT2D eigenvalue weighted by atomic mass is 35.5. The summed E-state index contributed by atoms with van der Waals surface area (Å²) in [6, 6.07) is 12.5. The second-order valence-electron chi connectivity index (χ2n) is 4.11. The van der Waals surface area contributed by atoms with Gasteiger partial charge in [0.25, 0.3) is 0 Å². The molecule has 0 aliphatic heterocycles. The molecule has 2 aromatic carbocycles. The molecular formula is C16H12Cl2O2. The number of ether oxygens (including phenoxy) is 1. The molecule has 102 valence electrons. The molecule has 0 saturated heterocycles. The van der Waals surface area contributed by atoms with Crippen LogP contribution < -0.4 is 0 Å². The maximum Gasteiger partial charge on any atom is 0.338 e. The van der Waals surface area contributed by atoms with E-state index in [0.29, 0.717) is 15.6 Å². The fourth-order valence-corrected chi connectivity index (χ4v) is 2.34. The Kier molecular flexibility index (Phi) is 4.83. The lowest BCUT2D eigenvalue weighted by Crippen LogP contribution is -2.02. The van der Waals surface area contributed by atoms with Crippen molar-refractivity contribution >= 4 is 41.3 Å². The van der Waals surface area contributed by atoms with E-state index in [-0.39, 0.29) is 5.97 Å². The summed E-state index contributed by atoms with van der Waals surface area (Å²) < 4.78 is 4.75. The first-order valence-electron chi connectivity index (χ1n) is 5.91. The minimum Gasteiger partial charge on any atom is -0.465 e. The quantitative estimate of drug-likeness (QED) is 0.592. The van der Waals surface area contributed by atoms with Gasteiger partial charge in [-0.05, 0) is 35.4 Å². The van der Waals surface area contributed by atoms with Gasteiger partial charge >= 0.3 is 5.97 Å². The van der Waals surface area contributed by atoms with Crippen molar-refractivity contribution < 1.29 is 9.53 Å². The van der Waals surface area contributed by atoms with Gasteiger partial charge in [-0.1, -0.05) is 53.6 Å². The summed E-state index contributed by atoms with van der Waals surface area (Å²) in [5.41, 5.74) is 2.15. The largest absolute Gasteiger partial charge is 0.465 e. The summed E-state index contributed by atoms with van der Waals surface area (Å²) in [6.07, 6.45) is 3.67. The molecule has 0 radical (unpaired) electrons. The lowest BCUT2D eigenvalue weighted by Gasteiger charge is -2.03. The molecule has 0 saturated carbocycles. The predicted octanol–water partition coefficient (Wildman–Crippen LogP) is 4.95. The van der Waals surface area contributed by atoms with Gasteiger partial charge in [0.15, 0.2) is 0 Å². The average molecular weight is 307 g/mol. The number of benzene rings is 2. The van der Waals surface area contributed by atoms with E-state index < -0.39 is 0 Å². The van der Waals surface area contributed by atoms with Gasteiger partial charge < -0.3 is 4.74 Å². The van der Waals surface area contributed by atoms with Gasteiger partial charge in [0, 0.05) is 10.0 Å². The fraction of sp³-hybridized carbons (Fsp3) is 0.0625. The van der Waals surface area contributed by atoms with Crippen LogP contribution in [0.4, 0.5) is 0 Å². The zero-order chi connectivity index (χ0) is 14.5. The van der Waals surface area contributed by atoms with Crippen molar-refractivity contribution in [1.82, 2.24) is 0 Å². The number of rotatable bonds is 3. The molecule has 0 fully saturated rings. The van der Waals surface area contributed by atoms with Gasteiger partial charge in [-0.15, -0.1) is 0 Å². The third kappa shape index (κ3) is 3.62. The van der Waals surface area contributed by atoms with Crippen molar-refractivity contribution in [2.24, 2.45) is 0 Å². The molecule has 0 unspecified atom stereocenters. The second-order valence-corrected chi connectivity index (χ2v) is 4.99. The van der Waals surface area contributed by atoms with E-state index in [0.717, 1.165) is 11.1 Å². The van der Waals surface area contributed by atoms with Gasteiger partial charge in [-0.3, -0.25) is 0 Å². The summed E-state index contributed by atoms with van der Waals surface area (Å²) in [4.78, 5) is 11.7. The van der Waals surface area contributed by atoms with Gasteiger partial charge in [0.05, 0.1) is 12.7 Å². The van der Waals surface area contributed by atoms with Crippen molar-refractivity contribution in [3.63, 3.8) is 0 Å². The zero-order valence-electron chi connectivity index (χ0n) is 10.8. The minimum absolute atomic E-state index is 0.366. The Hall–Kier alpha value is -1.77. The average Bonchev–Trinajstić information content (AvgIpc) is 2.43. The SMILES string of the molecule is COC(=O)c1ccccc1/C=C/c1cc(Cl)cc(Cl)c1. The van der Waals surface area contributed by atoms with Crippen LogP contribution in [0, 0.1) is 0 Å². The Balaban J connectivity index is 2.34. The van der Waals surface area contributed by atoms with Crippen LogP contribution in [0.1, 0.15) is 21.5 Å². The predicted molar refractivity (Wildman–Crippen MR) is 83.2 cm³/mol. The first kappa shape index (κ1) is 14.6. The summed E-state index contributed by atoms with van der Waals surface area (Å²) in [5.74, 6) is -0.366. The number of carbonyl (C=O) groups is 1. The first-order valence-corrected chi connectivity index (χ1v) is 6.67. The Morgan fingerprint density at radius 2 is 1.70 bits per heavy atom. The minimum atomic E-state index is -0.366. The Morgan fingerprint density at radius 3 is 2.35 bits per heavy atom. The van der Waals surface area contributed by atoms with Crippen molar-refractivity contribution in [3.05, 3.63) is 69.2 Å². The molecule has 0 aromatic heterocycles. The van der Waals surface area contributed by atoms with Gasteiger partial charge in [0.1, 0.15) is 0 Å². The van der Waals surface area contributed by atoms with Gasteiger partial charge in [-0.2, -0.15) is 0 Å². The van der Waals surface area contributed by atoms with E-state index >= 15 is 0 Å². The smallest absolute Gasteiger partial charge is 0.338 e. The number of carbonyl (C=O) groups excluding carboxylic acids is 1. The Morgan fingerprint density at radius 1 is 1.05 bits per heavy atom. The number of esters is 1. The third-order valence-corrected chi connectivity index (χ3v) is 3.14. The topological polar surface area (TPSA) is 26.3 Å². The molecule has 0 atom stereocenters. The molecule has 0 heterocycles. The number of hydrogen-bond acceptors (Lipinski definition) is 2. The molecule has 4 heteroatoms. The van der Waals surface area contributed by atoms with Crippen LogP contribution in [-0.4, -0.2) is 13.1 Å². The maximum atomic E-state index is 11.7. The Bertz CT molecular complexity index is 643. The number of methoxy groups -OCH3 is 1. The molecule has 2 nitrogen and oxygen atoms in total. The molecule has 0 aliphatic rings. The molecule has 2 aromatic rings. The van der Waals surface area contributed by atoms with Crippen LogP contribution >= 0.6 is 23.2 Å². The molecule has 0 bridgehead atoms.